The van der Waals surface area contributed by atoms with Gasteiger partial charge in [0.1, 0.15) is 0 Å². The second-order valence-electron chi connectivity index (χ2n) is 4.36. The Morgan fingerprint density at radius 3 is 3.00 bits per heavy atom. The average Bonchev–Trinajstić information content (AvgIpc) is 2.41. The molecule has 1 fully saturated rings. The maximum Gasteiger partial charge on any atom is 0.254 e. The van der Waals surface area contributed by atoms with Gasteiger partial charge in [-0.05, 0) is 30.7 Å². The van der Waals surface area contributed by atoms with Gasteiger partial charge in [-0.2, -0.15) is 0 Å². The van der Waals surface area contributed by atoms with Gasteiger partial charge in [0, 0.05) is 28.5 Å². The first-order valence-electron chi connectivity index (χ1n) is 5.85. The number of morpholine rings is 1. The standard InChI is InChI=1S/C13H15Br2NO2/c1-9-6-10(2-3-12(9)15)13(17)16-4-5-18-11(7-14)8-16/h2-3,6,11H,4-5,7-8H2,1H3. The van der Waals surface area contributed by atoms with Crippen LogP contribution < -0.4 is 0 Å². The highest BCUT2D eigenvalue weighted by atomic mass is 79.9. The number of rotatable bonds is 2. The Kier molecular flexibility index (Phi) is 4.81. The van der Waals surface area contributed by atoms with E-state index in [0.29, 0.717) is 19.7 Å². The number of benzene rings is 1. The van der Waals surface area contributed by atoms with E-state index in [4.69, 9.17) is 4.74 Å². The van der Waals surface area contributed by atoms with Crippen molar-refractivity contribution in [2.45, 2.75) is 13.0 Å². The molecule has 0 spiro atoms. The van der Waals surface area contributed by atoms with Gasteiger partial charge >= 0.3 is 0 Å². The Bertz CT molecular complexity index is 451. The van der Waals surface area contributed by atoms with E-state index in [9.17, 15) is 4.79 Å². The van der Waals surface area contributed by atoms with Crippen LogP contribution in [0.1, 0.15) is 15.9 Å². The molecular formula is C13H15Br2NO2. The summed E-state index contributed by atoms with van der Waals surface area (Å²) in [5.74, 6) is 0.0832. The molecule has 98 valence electrons. The number of aryl methyl sites for hydroxylation is 1. The first-order valence-corrected chi connectivity index (χ1v) is 7.76. The van der Waals surface area contributed by atoms with Crippen LogP contribution in [0.15, 0.2) is 22.7 Å². The molecule has 1 heterocycles. The highest BCUT2D eigenvalue weighted by molar-refractivity contribution is 9.10. The van der Waals surface area contributed by atoms with Crippen molar-refractivity contribution in [3.8, 4) is 0 Å². The molecule has 0 saturated carbocycles. The molecule has 0 aromatic heterocycles. The molecule has 1 atom stereocenters. The quantitative estimate of drug-likeness (QED) is 0.742. The third kappa shape index (κ3) is 3.13. The second-order valence-corrected chi connectivity index (χ2v) is 5.86. The Balaban J connectivity index is 2.12. The minimum absolute atomic E-state index is 0.0832. The van der Waals surface area contributed by atoms with Crippen molar-refractivity contribution in [2.24, 2.45) is 0 Å². The number of ether oxygens (including phenoxy) is 1. The summed E-state index contributed by atoms with van der Waals surface area (Å²) >= 11 is 6.84. The van der Waals surface area contributed by atoms with Crippen molar-refractivity contribution < 1.29 is 9.53 Å². The molecule has 0 radical (unpaired) electrons. The summed E-state index contributed by atoms with van der Waals surface area (Å²) in [5.41, 5.74) is 1.82. The third-order valence-corrected chi connectivity index (χ3v) is 4.61. The van der Waals surface area contributed by atoms with Gasteiger partial charge in [0.25, 0.3) is 5.91 Å². The third-order valence-electron chi connectivity index (χ3n) is 3.00. The van der Waals surface area contributed by atoms with Crippen LogP contribution in [0.2, 0.25) is 0 Å². The maximum absolute atomic E-state index is 12.4. The van der Waals surface area contributed by atoms with Crippen molar-refractivity contribution in [1.82, 2.24) is 4.90 Å². The molecule has 3 nitrogen and oxygen atoms in total. The predicted molar refractivity (Wildman–Crippen MR) is 78.3 cm³/mol. The highest BCUT2D eigenvalue weighted by Crippen LogP contribution is 2.19. The molecule has 0 bridgehead atoms. The normalized spacial score (nSPS) is 19.9. The minimum Gasteiger partial charge on any atom is -0.374 e. The van der Waals surface area contributed by atoms with E-state index < -0.39 is 0 Å². The molecule has 0 aliphatic carbocycles. The Morgan fingerprint density at radius 2 is 2.33 bits per heavy atom. The van der Waals surface area contributed by atoms with Crippen molar-refractivity contribution in [3.63, 3.8) is 0 Å². The van der Waals surface area contributed by atoms with E-state index in [1.165, 1.54) is 0 Å². The number of hydrogen-bond donors (Lipinski definition) is 0. The largest absolute Gasteiger partial charge is 0.374 e. The van der Waals surface area contributed by atoms with Gasteiger partial charge in [0.2, 0.25) is 0 Å². The zero-order valence-electron chi connectivity index (χ0n) is 10.2. The van der Waals surface area contributed by atoms with E-state index in [-0.39, 0.29) is 12.0 Å². The fourth-order valence-electron chi connectivity index (χ4n) is 1.96. The molecule has 1 aliphatic heterocycles. The van der Waals surface area contributed by atoms with Gasteiger partial charge in [-0.25, -0.2) is 0 Å². The van der Waals surface area contributed by atoms with Crippen LogP contribution >= 0.6 is 31.9 Å². The van der Waals surface area contributed by atoms with Crippen LogP contribution in [0.25, 0.3) is 0 Å². The van der Waals surface area contributed by atoms with Gasteiger partial charge in [-0.3, -0.25) is 4.79 Å². The van der Waals surface area contributed by atoms with Crippen LogP contribution in [0, 0.1) is 6.92 Å². The van der Waals surface area contributed by atoms with Crippen LogP contribution in [0.3, 0.4) is 0 Å². The topological polar surface area (TPSA) is 29.5 Å². The fourth-order valence-corrected chi connectivity index (χ4v) is 2.60. The Hall–Kier alpha value is -0.390. The molecule has 1 saturated heterocycles. The van der Waals surface area contributed by atoms with Gasteiger partial charge in [0.15, 0.2) is 0 Å². The van der Waals surface area contributed by atoms with Gasteiger partial charge < -0.3 is 9.64 Å². The van der Waals surface area contributed by atoms with E-state index in [1.807, 2.05) is 30.0 Å². The van der Waals surface area contributed by atoms with Gasteiger partial charge in [-0.15, -0.1) is 0 Å². The summed E-state index contributed by atoms with van der Waals surface area (Å²) in [4.78, 5) is 14.2. The summed E-state index contributed by atoms with van der Waals surface area (Å²) < 4.78 is 6.57. The lowest BCUT2D eigenvalue weighted by Gasteiger charge is -2.32. The lowest BCUT2D eigenvalue weighted by molar-refractivity contribution is -0.00965. The molecule has 1 amide bonds. The molecule has 5 heteroatoms. The number of hydrogen-bond acceptors (Lipinski definition) is 2. The number of carbonyl (C=O) groups excluding carboxylic acids is 1. The molecule has 2 rings (SSSR count). The van der Waals surface area contributed by atoms with E-state index in [1.54, 1.807) is 0 Å². The van der Waals surface area contributed by atoms with Crippen molar-refractivity contribution >= 4 is 37.8 Å². The van der Waals surface area contributed by atoms with Gasteiger partial charge in [0.05, 0.1) is 12.7 Å². The fraction of sp³-hybridized carbons (Fsp3) is 0.462. The van der Waals surface area contributed by atoms with E-state index in [0.717, 1.165) is 20.9 Å². The molecule has 1 aliphatic rings. The first-order chi connectivity index (χ1) is 8.61. The highest BCUT2D eigenvalue weighted by Gasteiger charge is 2.24. The predicted octanol–water partition coefficient (Wildman–Crippen LogP) is 2.99. The summed E-state index contributed by atoms with van der Waals surface area (Å²) in [6.07, 6.45) is 0.0965. The zero-order valence-corrected chi connectivity index (χ0v) is 13.3. The van der Waals surface area contributed by atoms with Crippen LogP contribution in [0.4, 0.5) is 0 Å². The minimum atomic E-state index is 0.0832. The van der Waals surface area contributed by atoms with Crippen molar-refractivity contribution in [2.75, 3.05) is 25.0 Å². The number of nitrogens with zero attached hydrogens (tertiary/aromatic N) is 1. The maximum atomic E-state index is 12.4. The summed E-state index contributed by atoms with van der Waals surface area (Å²) in [7, 11) is 0. The lowest BCUT2D eigenvalue weighted by Crippen LogP contribution is -2.46. The molecule has 1 unspecified atom stereocenters. The van der Waals surface area contributed by atoms with Crippen LogP contribution in [-0.2, 0) is 4.74 Å². The Morgan fingerprint density at radius 1 is 1.56 bits per heavy atom. The molecule has 18 heavy (non-hydrogen) atoms. The number of halogens is 2. The average molecular weight is 377 g/mol. The number of carbonyl (C=O) groups is 1. The zero-order chi connectivity index (χ0) is 13.1. The van der Waals surface area contributed by atoms with E-state index in [2.05, 4.69) is 31.9 Å². The van der Waals surface area contributed by atoms with Gasteiger partial charge in [-0.1, -0.05) is 31.9 Å². The molecule has 0 N–H and O–H groups in total. The second kappa shape index (κ2) is 6.17. The number of alkyl halides is 1. The Labute approximate surface area is 124 Å². The molecule has 1 aromatic carbocycles. The molecular weight excluding hydrogens is 362 g/mol. The SMILES string of the molecule is Cc1cc(C(=O)N2CCOC(CBr)C2)ccc1Br. The summed E-state index contributed by atoms with van der Waals surface area (Å²) in [6, 6.07) is 5.70. The summed E-state index contributed by atoms with van der Waals surface area (Å²) in [6.45, 7) is 3.91. The first kappa shape index (κ1) is 14.0. The smallest absolute Gasteiger partial charge is 0.254 e. The van der Waals surface area contributed by atoms with Crippen molar-refractivity contribution in [1.29, 1.82) is 0 Å². The van der Waals surface area contributed by atoms with Crippen LogP contribution in [0.5, 0.6) is 0 Å². The molecule has 1 aromatic rings. The summed E-state index contributed by atoms with van der Waals surface area (Å²) in [5, 5.41) is 0.760. The monoisotopic (exact) mass is 375 g/mol. The van der Waals surface area contributed by atoms with Crippen LogP contribution in [-0.4, -0.2) is 41.9 Å². The van der Waals surface area contributed by atoms with E-state index >= 15 is 0 Å². The van der Waals surface area contributed by atoms with Crippen molar-refractivity contribution in [3.05, 3.63) is 33.8 Å². The number of amides is 1. The lowest BCUT2D eigenvalue weighted by atomic mass is 10.1.